The number of pyridine rings is 1. The highest BCUT2D eigenvalue weighted by Gasteiger charge is 2.31. The van der Waals surface area contributed by atoms with Crippen molar-refractivity contribution < 1.29 is 27.4 Å². The fraction of sp³-hybridized carbons (Fsp3) is 0.316. The summed E-state index contributed by atoms with van der Waals surface area (Å²) in [6.07, 6.45) is 0.213. The van der Waals surface area contributed by atoms with Gasteiger partial charge in [0, 0.05) is 31.2 Å². The van der Waals surface area contributed by atoms with E-state index >= 15 is 0 Å². The van der Waals surface area contributed by atoms with E-state index in [2.05, 4.69) is 20.3 Å². The number of aromatic nitrogens is 3. The van der Waals surface area contributed by atoms with Gasteiger partial charge in [0.2, 0.25) is 0 Å². The molecule has 0 unspecified atom stereocenters. The van der Waals surface area contributed by atoms with Crippen LogP contribution < -0.4 is 15.6 Å². The van der Waals surface area contributed by atoms with Gasteiger partial charge >= 0.3 is 6.36 Å². The number of H-pyrrole nitrogens is 1. The molecule has 3 aliphatic rings. The Balaban J connectivity index is 1.56. The number of carbonyl (C=O) groups excluding carboxylic acids is 1. The second kappa shape index (κ2) is 7.82. The minimum absolute atomic E-state index is 0.00783. The zero-order chi connectivity index (χ0) is 21.3. The highest BCUT2D eigenvalue weighted by atomic mass is 19.4. The van der Waals surface area contributed by atoms with Gasteiger partial charge in [-0.2, -0.15) is 5.10 Å². The van der Waals surface area contributed by atoms with E-state index in [1.807, 2.05) is 0 Å². The third-order valence-electron chi connectivity index (χ3n) is 4.64. The number of amides is 1. The van der Waals surface area contributed by atoms with Gasteiger partial charge < -0.3 is 19.4 Å². The van der Waals surface area contributed by atoms with Crippen LogP contribution in [0.5, 0.6) is 5.75 Å². The van der Waals surface area contributed by atoms with Crippen molar-refractivity contribution >= 4 is 11.6 Å². The lowest BCUT2D eigenvalue weighted by molar-refractivity contribution is -0.274. The second-order valence-electron chi connectivity index (χ2n) is 6.85. The minimum atomic E-state index is -4.80. The zero-order valence-corrected chi connectivity index (χ0v) is 15.5. The Hall–Kier alpha value is -3.34. The molecule has 1 saturated heterocycles. The van der Waals surface area contributed by atoms with E-state index in [0.717, 1.165) is 25.0 Å². The molecule has 3 heterocycles. The third kappa shape index (κ3) is 4.46. The maximum Gasteiger partial charge on any atom is 0.573 e. The van der Waals surface area contributed by atoms with E-state index in [9.17, 15) is 22.8 Å². The van der Waals surface area contributed by atoms with Crippen LogP contribution in [0.25, 0.3) is 11.3 Å². The Bertz CT molecular complexity index is 1070. The van der Waals surface area contributed by atoms with E-state index in [4.69, 9.17) is 4.74 Å². The summed E-state index contributed by atoms with van der Waals surface area (Å²) in [7, 11) is 0. The summed E-state index contributed by atoms with van der Waals surface area (Å²) < 4.78 is 47.9. The van der Waals surface area contributed by atoms with Crippen molar-refractivity contribution in [2.24, 2.45) is 0 Å². The van der Waals surface area contributed by atoms with E-state index < -0.39 is 23.6 Å². The number of fused-ring (bicyclic) bond motifs is 1. The first-order valence-electron chi connectivity index (χ1n) is 9.15. The summed E-state index contributed by atoms with van der Waals surface area (Å²) in [6.45, 7) is 1.15. The number of anilines is 1. The van der Waals surface area contributed by atoms with Gasteiger partial charge in [-0.05, 0) is 37.1 Å². The molecule has 0 spiro atoms. The minimum Gasteiger partial charge on any atom is -0.406 e. The second-order valence-corrected chi connectivity index (χ2v) is 6.85. The van der Waals surface area contributed by atoms with Crippen LogP contribution in [0, 0.1) is 0 Å². The van der Waals surface area contributed by atoms with Gasteiger partial charge in [0.15, 0.2) is 0 Å². The number of aromatic amines is 1. The maximum absolute atomic E-state index is 12.8. The van der Waals surface area contributed by atoms with Gasteiger partial charge in [-0.1, -0.05) is 0 Å². The van der Waals surface area contributed by atoms with E-state index in [-0.39, 0.29) is 28.6 Å². The molecule has 1 aromatic carbocycles. The molecule has 2 N–H and O–H groups in total. The molecule has 0 bridgehead atoms. The molecule has 0 saturated carbocycles. The van der Waals surface area contributed by atoms with Crippen molar-refractivity contribution in [3.05, 3.63) is 52.6 Å². The van der Waals surface area contributed by atoms with Crippen molar-refractivity contribution in [3.63, 3.8) is 0 Å². The predicted molar refractivity (Wildman–Crippen MR) is 99.5 cm³/mol. The van der Waals surface area contributed by atoms with Crippen LogP contribution in [0.15, 0.2) is 41.5 Å². The number of benzene rings is 1. The monoisotopic (exact) mass is 422 g/mol. The van der Waals surface area contributed by atoms with Crippen molar-refractivity contribution in [2.75, 3.05) is 11.9 Å². The molecule has 11 heteroatoms. The Morgan fingerprint density at radius 1 is 1.30 bits per heavy atom. The lowest BCUT2D eigenvalue weighted by Gasteiger charge is -2.16. The first kappa shape index (κ1) is 20.0. The average molecular weight is 422 g/mol. The summed E-state index contributed by atoms with van der Waals surface area (Å²) in [4.78, 5) is 24.9. The largest absolute Gasteiger partial charge is 0.573 e. The number of hydrogen-bond donors (Lipinski definition) is 2. The maximum atomic E-state index is 12.8. The molecule has 3 aliphatic heterocycles. The summed E-state index contributed by atoms with van der Waals surface area (Å²) in [6, 6.07) is 4.74. The summed E-state index contributed by atoms with van der Waals surface area (Å²) in [5.74, 6) is -0.960. The molecule has 4 rings (SSSR count). The van der Waals surface area contributed by atoms with Crippen molar-refractivity contribution in [1.82, 2.24) is 14.8 Å². The van der Waals surface area contributed by atoms with Crippen LogP contribution in [0.4, 0.5) is 18.9 Å². The van der Waals surface area contributed by atoms with Crippen LogP contribution in [0.1, 0.15) is 23.2 Å². The summed E-state index contributed by atoms with van der Waals surface area (Å²) in [5.41, 5.74) is 0.455. The number of carbonyl (C=O) groups is 1. The van der Waals surface area contributed by atoms with Gasteiger partial charge in [-0.3, -0.25) is 9.59 Å². The molecule has 158 valence electrons. The number of hydrogen-bond acceptors (Lipinski definition) is 5. The highest BCUT2D eigenvalue weighted by molar-refractivity contribution is 6.08. The van der Waals surface area contributed by atoms with Gasteiger partial charge in [0.1, 0.15) is 11.4 Å². The number of nitrogens with one attached hydrogen (secondary N) is 2. The van der Waals surface area contributed by atoms with Crippen molar-refractivity contribution in [3.8, 4) is 17.0 Å². The first-order chi connectivity index (χ1) is 14.3. The number of ether oxygens (including phenoxy) is 2. The molecule has 1 amide bonds. The van der Waals surface area contributed by atoms with Crippen molar-refractivity contribution in [2.45, 2.75) is 31.9 Å². The number of nitrogens with zero attached hydrogens (tertiary/aromatic N) is 2. The molecule has 8 nitrogen and oxygen atoms in total. The quantitative estimate of drug-likeness (QED) is 0.659. The Labute approximate surface area is 167 Å². The highest BCUT2D eigenvalue weighted by Crippen LogP contribution is 2.26. The Morgan fingerprint density at radius 3 is 2.73 bits per heavy atom. The van der Waals surface area contributed by atoms with E-state index in [1.54, 1.807) is 17.0 Å². The molecule has 1 fully saturated rings. The lowest BCUT2D eigenvalue weighted by atomic mass is 10.1. The van der Waals surface area contributed by atoms with Crippen LogP contribution in [0.3, 0.4) is 0 Å². The van der Waals surface area contributed by atoms with Crippen LogP contribution in [-0.2, 0) is 11.3 Å². The van der Waals surface area contributed by atoms with Gasteiger partial charge in [-0.15, -0.1) is 13.2 Å². The SMILES string of the molecule is O=C(Nc1ccc(OC(F)(F)F)cc1)c1cn(C[C@@H]2CCCO2)cc2c(=O)[nH]nc1-2. The van der Waals surface area contributed by atoms with Gasteiger partial charge in [0.25, 0.3) is 11.5 Å². The Morgan fingerprint density at radius 2 is 2.07 bits per heavy atom. The number of alkyl halides is 3. The molecule has 1 aromatic rings. The number of halogens is 3. The standard InChI is InChI=1S/C19H17F3N4O4/c20-19(21,22)30-12-5-3-11(4-6-12)23-17(27)14-9-26(8-13-2-1-7-29-13)10-15-16(14)24-25-18(15)28/h3-6,9-10,13H,1-2,7-8H2,(H,23,27)(H,25,28)/t13-/m0/s1. The molecular formula is C19H17F3N4O4. The van der Waals surface area contributed by atoms with E-state index in [0.29, 0.717) is 13.2 Å². The van der Waals surface area contributed by atoms with Gasteiger partial charge in [0.05, 0.1) is 17.2 Å². The predicted octanol–water partition coefficient (Wildman–Crippen LogP) is 3.01. The fourth-order valence-corrected chi connectivity index (χ4v) is 3.32. The number of rotatable bonds is 5. The summed E-state index contributed by atoms with van der Waals surface area (Å²) in [5, 5.41) is 8.85. The molecule has 1 atom stereocenters. The molecule has 0 aromatic heterocycles. The third-order valence-corrected chi connectivity index (χ3v) is 4.64. The smallest absolute Gasteiger partial charge is 0.406 e. The molecule has 30 heavy (non-hydrogen) atoms. The Kier molecular flexibility index (Phi) is 5.20. The lowest BCUT2D eigenvalue weighted by Crippen LogP contribution is -2.20. The fourth-order valence-electron chi connectivity index (χ4n) is 3.32. The van der Waals surface area contributed by atoms with Crippen LogP contribution in [0.2, 0.25) is 0 Å². The zero-order valence-electron chi connectivity index (χ0n) is 15.5. The van der Waals surface area contributed by atoms with Crippen LogP contribution >= 0.6 is 0 Å². The molecule has 0 aliphatic carbocycles. The molecule has 0 radical (unpaired) electrons. The van der Waals surface area contributed by atoms with E-state index in [1.165, 1.54) is 12.1 Å². The van der Waals surface area contributed by atoms with Crippen molar-refractivity contribution in [1.29, 1.82) is 0 Å². The summed E-state index contributed by atoms with van der Waals surface area (Å²) >= 11 is 0. The van der Waals surface area contributed by atoms with Gasteiger partial charge in [-0.25, -0.2) is 5.10 Å². The first-order valence-corrected chi connectivity index (χ1v) is 9.15. The van der Waals surface area contributed by atoms with Crippen LogP contribution in [-0.4, -0.2) is 39.7 Å². The molecular weight excluding hydrogens is 405 g/mol. The normalized spacial score (nSPS) is 16.7. The average Bonchev–Trinajstić information content (AvgIpc) is 3.32. The topological polar surface area (TPSA) is 98.2 Å².